The first-order valence-electron chi connectivity index (χ1n) is 6.68. The molecule has 0 bridgehead atoms. The Morgan fingerprint density at radius 2 is 1.90 bits per heavy atom. The molecule has 0 saturated heterocycles. The van der Waals surface area contributed by atoms with Crippen LogP contribution in [0.15, 0.2) is 60.5 Å². The normalized spacial score (nSPS) is 13.3. The van der Waals surface area contributed by atoms with E-state index in [0.717, 1.165) is 16.8 Å². The maximum atomic E-state index is 10.0. The lowest BCUT2D eigenvalue weighted by Crippen LogP contribution is -2.00. The van der Waals surface area contributed by atoms with Crippen LogP contribution in [0.25, 0.3) is 28.1 Å². The van der Waals surface area contributed by atoms with Gasteiger partial charge in [0.15, 0.2) is 0 Å². The second-order valence-corrected chi connectivity index (χ2v) is 5.07. The number of hydrogen-bond donors (Lipinski definition) is 1. The lowest BCUT2D eigenvalue weighted by atomic mass is 9.88. The van der Waals surface area contributed by atoms with Crippen molar-refractivity contribution in [2.24, 2.45) is 0 Å². The Labute approximate surface area is 117 Å². The van der Waals surface area contributed by atoms with E-state index < -0.39 is 0 Å². The third-order valence-corrected chi connectivity index (χ3v) is 3.80. The van der Waals surface area contributed by atoms with Gasteiger partial charge in [0, 0.05) is 18.2 Å². The van der Waals surface area contributed by atoms with Crippen LogP contribution in [0.2, 0.25) is 0 Å². The zero-order valence-electron chi connectivity index (χ0n) is 10.9. The monoisotopic (exact) mass is 259 g/mol. The van der Waals surface area contributed by atoms with Gasteiger partial charge in [-0.2, -0.15) is 0 Å². The smallest absolute Gasteiger partial charge is 0.0973 e. The first-order chi connectivity index (χ1) is 9.83. The topological polar surface area (TPSA) is 33.1 Å². The molecule has 4 rings (SSSR count). The Morgan fingerprint density at radius 3 is 2.75 bits per heavy atom. The SMILES string of the molecule is OC1=Cc2c(-c3ccccn3)ccc3cccc(c23)C1. The van der Waals surface area contributed by atoms with Gasteiger partial charge in [-0.1, -0.05) is 36.4 Å². The third-order valence-electron chi connectivity index (χ3n) is 3.80. The standard InChI is InChI=1S/C18H13NO/c20-14-10-13-5-3-4-12-7-8-15(16(11-14)18(12)13)17-6-1-2-9-19-17/h1-9,11,20H,10H2. The van der Waals surface area contributed by atoms with Crippen LogP contribution in [0.1, 0.15) is 11.1 Å². The summed E-state index contributed by atoms with van der Waals surface area (Å²) < 4.78 is 0. The molecule has 0 amide bonds. The largest absolute Gasteiger partial charge is 0.512 e. The summed E-state index contributed by atoms with van der Waals surface area (Å²) in [6.07, 6.45) is 4.28. The lowest BCUT2D eigenvalue weighted by molar-refractivity contribution is 0.404. The quantitative estimate of drug-likeness (QED) is 0.704. The second-order valence-electron chi connectivity index (χ2n) is 5.07. The Balaban J connectivity index is 2.11. The van der Waals surface area contributed by atoms with Crippen molar-refractivity contribution in [3.8, 4) is 11.3 Å². The highest BCUT2D eigenvalue weighted by atomic mass is 16.3. The Kier molecular flexibility index (Phi) is 2.36. The average Bonchev–Trinajstić information content (AvgIpc) is 2.48. The number of hydrogen-bond acceptors (Lipinski definition) is 2. The van der Waals surface area contributed by atoms with Gasteiger partial charge < -0.3 is 5.11 Å². The zero-order valence-corrected chi connectivity index (χ0v) is 10.9. The summed E-state index contributed by atoms with van der Waals surface area (Å²) in [4.78, 5) is 4.43. The van der Waals surface area contributed by atoms with E-state index in [4.69, 9.17) is 0 Å². The van der Waals surface area contributed by atoms with E-state index in [9.17, 15) is 5.11 Å². The molecule has 0 atom stereocenters. The average molecular weight is 259 g/mol. The molecule has 1 aromatic heterocycles. The molecule has 0 aliphatic heterocycles. The van der Waals surface area contributed by atoms with Gasteiger partial charge in [-0.25, -0.2) is 0 Å². The van der Waals surface area contributed by atoms with Crippen LogP contribution in [0.4, 0.5) is 0 Å². The number of allylic oxidation sites excluding steroid dienone is 1. The number of aromatic nitrogens is 1. The number of rotatable bonds is 1. The highest BCUT2D eigenvalue weighted by Crippen LogP contribution is 2.36. The van der Waals surface area contributed by atoms with Crippen molar-refractivity contribution >= 4 is 16.8 Å². The van der Waals surface area contributed by atoms with Crippen molar-refractivity contribution < 1.29 is 5.11 Å². The van der Waals surface area contributed by atoms with Gasteiger partial charge in [0.25, 0.3) is 0 Å². The van der Waals surface area contributed by atoms with Crippen molar-refractivity contribution in [3.05, 3.63) is 71.6 Å². The fourth-order valence-corrected chi connectivity index (χ4v) is 2.94. The van der Waals surface area contributed by atoms with Crippen molar-refractivity contribution in [1.29, 1.82) is 0 Å². The molecule has 96 valence electrons. The van der Waals surface area contributed by atoms with Gasteiger partial charge in [0.1, 0.15) is 0 Å². The maximum Gasteiger partial charge on any atom is 0.0973 e. The summed E-state index contributed by atoms with van der Waals surface area (Å²) in [6.45, 7) is 0. The number of aliphatic hydroxyl groups excluding tert-OH is 1. The van der Waals surface area contributed by atoms with Crippen LogP contribution in [-0.4, -0.2) is 10.1 Å². The van der Waals surface area contributed by atoms with E-state index in [1.807, 2.05) is 30.3 Å². The second kappa shape index (κ2) is 4.20. The molecule has 0 unspecified atom stereocenters. The van der Waals surface area contributed by atoms with Crippen molar-refractivity contribution in [3.63, 3.8) is 0 Å². The highest BCUT2D eigenvalue weighted by Gasteiger charge is 2.17. The summed E-state index contributed by atoms with van der Waals surface area (Å²) >= 11 is 0. The number of pyridine rings is 1. The van der Waals surface area contributed by atoms with Crippen molar-refractivity contribution in [2.45, 2.75) is 6.42 Å². The van der Waals surface area contributed by atoms with E-state index >= 15 is 0 Å². The molecule has 1 aliphatic carbocycles. The van der Waals surface area contributed by atoms with Gasteiger partial charge >= 0.3 is 0 Å². The fraction of sp³-hybridized carbons (Fsp3) is 0.0556. The van der Waals surface area contributed by atoms with E-state index in [0.29, 0.717) is 12.2 Å². The molecular formula is C18H13NO. The Hall–Kier alpha value is -2.61. The number of nitrogens with zero attached hydrogens (tertiary/aromatic N) is 1. The predicted octanol–water partition coefficient (Wildman–Crippen LogP) is 4.36. The summed E-state index contributed by atoms with van der Waals surface area (Å²) in [6, 6.07) is 16.3. The van der Waals surface area contributed by atoms with Crippen LogP contribution >= 0.6 is 0 Å². The summed E-state index contributed by atoms with van der Waals surface area (Å²) in [5.74, 6) is 0.411. The minimum atomic E-state index is 0.411. The minimum absolute atomic E-state index is 0.411. The summed E-state index contributed by atoms with van der Waals surface area (Å²) in [7, 11) is 0. The Bertz CT molecular complexity index is 835. The molecule has 2 nitrogen and oxygen atoms in total. The molecule has 0 fully saturated rings. The lowest BCUT2D eigenvalue weighted by Gasteiger charge is -2.18. The molecule has 2 heteroatoms. The van der Waals surface area contributed by atoms with Gasteiger partial charge in [-0.3, -0.25) is 4.98 Å². The third kappa shape index (κ3) is 1.62. The molecule has 1 N–H and O–H groups in total. The first kappa shape index (κ1) is 11.2. The molecule has 20 heavy (non-hydrogen) atoms. The maximum absolute atomic E-state index is 10.0. The van der Waals surface area contributed by atoms with E-state index in [1.165, 1.54) is 16.3 Å². The van der Waals surface area contributed by atoms with Gasteiger partial charge in [0.05, 0.1) is 11.5 Å². The van der Waals surface area contributed by atoms with E-state index in [-0.39, 0.29) is 0 Å². The summed E-state index contributed by atoms with van der Waals surface area (Å²) in [5, 5.41) is 12.5. The van der Waals surface area contributed by atoms with Crippen molar-refractivity contribution in [2.75, 3.05) is 0 Å². The number of aliphatic hydroxyl groups is 1. The molecule has 0 radical (unpaired) electrons. The van der Waals surface area contributed by atoms with Crippen LogP contribution in [0.5, 0.6) is 0 Å². The molecule has 3 aromatic rings. The van der Waals surface area contributed by atoms with Crippen LogP contribution in [-0.2, 0) is 6.42 Å². The molecule has 0 saturated carbocycles. The molecule has 0 spiro atoms. The van der Waals surface area contributed by atoms with E-state index in [2.05, 4.69) is 29.2 Å². The molecule has 1 aliphatic rings. The van der Waals surface area contributed by atoms with Crippen molar-refractivity contribution in [1.82, 2.24) is 4.98 Å². The van der Waals surface area contributed by atoms with Gasteiger partial charge in [0.2, 0.25) is 0 Å². The van der Waals surface area contributed by atoms with Gasteiger partial charge in [-0.05, 0) is 40.1 Å². The predicted molar refractivity (Wildman–Crippen MR) is 81.5 cm³/mol. The Morgan fingerprint density at radius 1 is 0.950 bits per heavy atom. The van der Waals surface area contributed by atoms with Crippen LogP contribution < -0.4 is 0 Å². The highest BCUT2D eigenvalue weighted by molar-refractivity contribution is 6.00. The van der Waals surface area contributed by atoms with Gasteiger partial charge in [-0.15, -0.1) is 0 Å². The fourth-order valence-electron chi connectivity index (χ4n) is 2.94. The molecular weight excluding hydrogens is 246 g/mol. The molecule has 1 heterocycles. The number of benzene rings is 2. The van der Waals surface area contributed by atoms with E-state index in [1.54, 1.807) is 6.20 Å². The van der Waals surface area contributed by atoms with Crippen LogP contribution in [0.3, 0.4) is 0 Å². The zero-order chi connectivity index (χ0) is 13.5. The first-order valence-corrected chi connectivity index (χ1v) is 6.68. The summed E-state index contributed by atoms with van der Waals surface area (Å²) in [5.41, 5.74) is 4.25. The van der Waals surface area contributed by atoms with Crippen LogP contribution in [0, 0.1) is 0 Å². The minimum Gasteiger partial charge on any atom is -0.512 e. The molecule has 2 aromatic carbocycles.